The van der Waals surface area contributed by atoms with Crippen molar-refractivity contribution in [2.45, 2.75) is 12.6 Å². The van der Waals surface area contributed by atoms with Gasteiger partial charge in [-0.2, -0.15) is 4.80 Å². The van der Waals surface area contributed by atoms with E-state index in [0.717, 1.165) is 25.2 Å². The first-order valence-electron chi connectivity index (χ1n) is 6.82. The Balaban J connectivity index is 1.69. The lowest BCUT2D eigenvalue weighted by Gasteiger charge is -2.31. The number of hydrogen-bond acceptors (Lipinski definition) is 7. The highest BCUT2D eigenvalue weighted by Crippen LogP contribution is 2.22. The second kappa shape index (κ2) is 6.15. The molecule has 2 aromatic heterocycles. The zero-order valence-electron chi connectivity index (χ0n) is 12.1. The van der Waals surface area contributed by atoms with Crippen molar-refractivity contribution in [3.8, 4) is 5.88 Å². The number of nitrogens with zero attached hydrogens (tertiary/aromatic N) is 6. The molecule has 1 saturated heterocycles. The summed E-state index contributed by atoms with van der Waals surface area (Å²) in [5.41, 5.74) is 1.06. The van der Waals surface area contributed by atoms with Crippen molar-refractivity contribution in [1.29, 1.82) is 0 Å². The van der Waals surface area contributed by atoms with Crippen molar-refractivity contribution in [2.75, 3.05) is 26.8 Å². The molecule has 1 aliphatic heterocycles. The fraction of sp³-hybridized carbons (Fsp3) is 0.538. The number of methoxy groups -OCH3 is 1. The number of aromatic nitrogens is 5. The molecule has 0 radical (unpaired) electrons. The van der Waals surface area contributed by atoms with Gasteiger partial charge in [0, 0.05) is 31.4 Å². The van der Waals surface area contributed by atoms with E-state index in [0.29, 0.717) is 18.3 Å². The maximum atomic E-state index is 5.73. The molecule has 0 spiro atoms. The van der Waals surface area contributed by atoms with Crippen molar-refractivity contribution in [2.24, 2.45) is 7.05 Å². The van der Waals surface area contributed by atoms with Gasteiger partial charge in [0.2, 0.25) is 11.7 Å². The molecule has 8 heteroatoms. The monoisotopic (exact) mass is 290 g/mol. The summed E-state index contributed by atoms with van der Waals surface area (Å²) in [7, 11) is 3.38. The Hall–Kier alpha value is -2.06. The maximum Gasteiger partial charge on any atom is 0.217 e. The topological polar surface area (TPSA) is 78.2 Å². The number of hydrogen-bond donors (Lipinski definition) is 0. The Kier molecular flexibility index (Phi) is 4.07. The Bertz CT molecular complexity index is 602. The molecule has 3 rings (SSSR count). The second-order valence-electron chi connectivity index (χ2n) is 4.90. The van der Waals surface area contributed by atoms with Gasteiger partial charge in [-0.15, -0.1) is 10.2 Å². The second-order valence-corrected chi connectivity index (χ2v) is 4.90. The fourth-order valence-electron chi connectivity index (χ4n) is 2.40. The Labute approximate surface area is 122 Å². The maximum absolute atomic E-state index is 5.73. The fourth-order valence-corrected chi connectivity index (χ4v) is 2.40. The number of morpholine rings is 1. The van der Waals surface area contributed by atoms with E-state index >= 15 is 0 Å². The van der Waals surface area contributed by atoms with Crippen LogP contribution in [0.2, 0.25) is 0 Å². The van der Waals surface area contributed by atoms with E-state index in [-0.39, 0.29) is 6.10 Å². The van der Waals surface area contributed by atoms with Gasteiger partial charge in [0.1, 0.15) is 6.10 Å². The Morgan fingerprint density at radius 1 is 1.48 bits per heavy atom. The minimum Gasteiger partial charge on any atom is -0.481 e. The van der Waals surface area contributed by atoms with Crippen LogP contribution in [0.25, 0.3) is 0 Å². The lowest BCUT2D eigenvalue weighted by molar-refractivity contribution is -0.0375. The summed E-state index contributed by atoms with van der Waals surface area (Å²) < 4.78 is 11.0. The minimum absolute atomic E-state index is 0.143. The summed E-state index contributed by atoms with van der Waals surface area (Å²) >= 11 is 0. The van der Waals surface area contributed by atoms with E-state index in [1.165, 1.54) is 4.80 Å². The van der Waals surface area contributed by atoms with Crippen molar-refractivity contribution in [3.05, 3.63) is 29.7 Å². The van der Waals surface area contributed by atoms with Crippen molar-refractivity contribution in [3.63, 3.8) is 0 Å². The first kappa shape index (κ1) is 13.9. The summed E-state index contributed by atoms with van der Waals surface area (Å²) in [6.45, 7) is 2.99. The van der Waals surface area contributed by atoms with Crippen LogP contribution in [0.1, 0.15) is 17.5 Å². The average Bonchev–Trinajstić information content (AvgIpc) is 2.95. The molecule has 1 fully saturated rings. The smallest absolute Gasteiger partial charge is 0.217 e. The molecule has 2 aromatic rings. The zero-order valence-corrected chi connectivity index (χ0v) is 12.1. The summed E-state index contributed by atoms with van der Waals surface area (Å²) in [6, 6.07) is 3.94. The van der Waals surface area contributed by atoms with Crippen LogP contribution < -0.4 is 4.74 Å². The van der Waals surface area contributed by atoms with Crippen LogP contribution in [-0.2, 0) is 18.3 Å². The van der Waals surface area contributed by atoms with E-state index in [9.17, 15) is 0 Å². The van der Waals surface area contributed by atoms with Crippen molar-refractivity contribution in [1.82, 2.24) is 30.1 Å². The molecule has 21 heavy (non-hydrogen) atoms. The Morgan fingerprint density at radius 2 is 2.38 bits per heavy atom. The van der Waals surface area contributed by atoms with E-state index < -0.39 is 0 Å². The molecule has 0 aliphatic carbocycles. The van der Waals surface area contributed by atoms with Crippen LogP contribution in [-0.4, -0.2) is 56.9 Å². The molecule has 112 valence electrons. The molecular weight excluding hydrogens is 272 g/mol. The molecule has 0 N–H and O–H groups in total. The molecule has 1 atom stereocenters. The van der Waals surface area contributed by atoms with Crippen molar-refractivity contribution < 1.29 is 9.47 Å². The van der Waals surface area contributed by atoms with Crippen LogP contribution in [0.3, 0.4) is 0 Å². The molecule has 1 aliphatic rings. The van der Waals surface area contributed by atoms with Crippen molar-refractivity contribution >= 4 is 0 Å². The lowest BCUT2D eigenvalue weighted by Crippen LogP contribution is -2.38. The third kappa shape index (κ3) is 3.17. The molecule has 8 nitrogen and oxygen atoms in total. The van der Waals surface area contributed by atoms with Gasteiger partial charge in [0.15, 0.2) is 0 Å². The normalized spacial score (nSPS) is 19.6. The average molecular weight is 290 g/mol. The third-order valence-electron chi connectivity index (χ3n) is 3.40. The predicted octanol–water partition coefficient (Wildman–Crippen LogP) is 0.187. The van der Waals surface area contributed by atoms with Gasteiger partial charge in [0.05, 0.1) is 20.8 Å². The van der Waals surface area contributed by atoms with Gasteiger partial charge in [-0.25, -0.2) is 4.98 Å². The summed E-state index contributed by atoms with van der Waals surface area (Å²) in [5.74, 6) is 1.29. The quantitative estimate of drug-likeness (QED) is 0.795. The number of aryl methyl sites for hydroxylation is 1. The van der Waals surface area contributed by atoms with Gasteiger partial charge < -0.3 is 9.47 Å². The SMILES string of the molecule is COc1ncccc1CN1CCOC(c2nnn(C)n2)C1. The van der Waals surface area contributed by atoms with Crippen LogP contribution in [0.4, 0.5) is 0 Å². The molecular formula is C13H18N6O2. The van der Waals surface area contributed by atoms with Gasteiger partial charge >= 0.3 is 0 Å². The van der Waals surface area contributed by atoms with E-state index in [1.54, 1.807) is 20.4 Å². The Morgan fingerprint density at radius 3 is 3.14 bits per heavy atom. The van der Waals surface area contributed by atoms with Gasteiger partial charge in [0.25, 0.3) is 0 Å². The molecule has 0 bridgehead atoms. The highest BCUT2D eigenvalue weighted by molar-refractivity contribution is 5.25. The van der Waals surface area contributed by atoms with Gasteiger partial charge in [-0.05, 0) is 11.3 Å². The standard InChI is InChI=1S/C13H18N6O2/c1-18-16-12(15-17-18)11-9-19(6-7-21-11)8-10-4-3-5-14-13(10)20-2/h3-5,11H,6-9H2,1-2H3. The van der Waals surface area contributed by atoms with E-state index in [1.807, 2.05) is 12.1 Å². The van der Waals surface area contributed by atoms with E-state index in [2.05, 4.69) is 25.3 Å². The van der Waals surface area contributed by atoms with E-state index in [4.69, 9.17) is 9.47 Å². The van der Waals surface area contributed by atoms with Crippen LogP contribution in [0, 0.1) is 0 Å². The molecule has 1 unspecified atom stereocenters. The highest BCUT2D eigenvalue weighted by atomic mass is 16.5. The molecule has 0 aromatic carbocycles. The predicted molar refractivity (Wildman–Crippen MR) is 73.6 cm³/mol. The van der Waals surface area contributed by atoms with Crippen LogP contribution in [0.15, 0.2) is 18.3 Å². The number of ether oxygens (including phenoxy) is 2. The number of rotatable bonds is 4. The number of pyridine rings is 1. The molecule has 0 saturated carbocycles. The highest BCUT2D eigenvalue weighted by Gasteiger charge is 2.26. The molecule has 3 heterocycles. The largest absolute Gasteiger partial charge is 0.481 e. The summed E-state index contributed by atoms with van der Waals surface area (Å²) in [5, 5.41) is 12.1. The first-order valence-corrected chi connectivity index (χ1v) is 6.82. The summed E-state index contributed by atoms with van der Waals surface area (Å²) in [6.07, 6.45) is 1.59. The molecule has 0 amide bonds. The lowest BCUT2D eigenvalue weighted by atomic mass is 10.2. The summed E-state index contributed by atoms with van der Waals surface area (Å²) in [4.78, 5) is 7.95. The van der Waals surface area contributed by atoms with Gasteiger partial charge in [-0.3, -0.25) is 4.90 Å². The minimum atomic E-state index is -0.143. The third-order valence-corrected chi connectivity index (χ3v) is 3.40. The number of tetrazole rings is 1. The van der Waals surface area contributed by atoms with Crippen LogP contribution >= 0.6 is 0 Å². The van der Waals surface area contributed by atoms with Crippen LogP contribution in [0.5, 0.6) is 5.88 Å². The zero-order chi connectivity index (χ0) is 14.7. The van der Waals surface area contributed by atoms with Gasteiger partial charge in [-0.1, -0.05) is 6.07 Å². The first-order chi connectivity index (χ1) is 10.3.